The zero-order valence-electron chi connectivity index (χ0n) is 11.2. The van der Waals surface area contributed by atoms with E-state index < -0.39 is 0 Å². The van der Waals surface area contributed by atoms with Crippen LogP contribution in [0.3, 0.4) is 0 Å². The molecule has 1 amide bonds. The van der Waals surface area contributed by atoms with E-state index in [0.717, 1.165) is 27.8 Å². The number of nitrogens with zero attached hydrogens (tertiary/aromatic N) is 3. The van der Waals surface area contributed by atoms with Crippen LogP contribution in [0.2, 0.25) is 0 Å². The first-order valence-electron chi connectivity index (χ1n) is 6.34. The van der Waals surface area contributed by atoms with Crippen molar-refractivity contribution in [1.82, 2.24) is 19.9 Å². The largest absolute Gasteiger partial charge is 0.459 e. The van der Waals surface area contributed by atoms with Gasteiger partial charge in [0.05, 0.1) is 24.2 Å². The van der Waals surface area contributed by atoms with Crippen LogP contribution < -0.4 is 5.32 Å². The van der Waals surface area contributed by atoms with Crippen molar-refractivity contribution >= 4 is 22.2 Å². The van der Waals surface area contributed by atoms with Gasteiger partial charge in [0.15, 0.2) is 5.76 Å². The summed E-state index contributed by atoms with van der Waals surface area (Å²) >= 11 is 1.57. The van der Waals surface area contributed by atoms with Crippen molar-refractivity contribution in [3.63, 3.8) is 0 Å². The van der Waals surface area contributed by atoms with E-state index in [1.165, 1.54) is 6.26 Å². The molecule has 3 aromatic rings. The van der Waals surface area contributed by atoms with Crippen LogP contribution in [0, 0.1) is 6.92 Å². The molecule has 7 heteroatoms. The Labute approximate surface area is 119 Å². The number of hydrogen-bond donors (Lipinski definition) is 1. The van der Waals surface area contributed by atoms with Crippen molar-refractivity contribution in [1.29, 1.82) is 0 Å². The van der Waals surface area contributed by atoms with E-state index in [2.05, 4.69) is 22.3 Å². The number of hydrogen-bond acceptors (Lipinski definition) is 5. The van der Waals surface area contributed by atoms with Crippen LogP contribution in [0.15, 0.2) is 22.8 Å². The number of amides is 1. The van der Waals surface area contributed by atoms with Crippen LogP contribution >= 0.6 is 11.3 Å². The van der Waals surface area contributed by atoms with Crippen molar-refractivity contribution < 1.29 is 9.21 Å². The molecule has 3 heterocycles. The van der Waals surface area contributed by atoms with Crippen LogP contribution in [-0.4, -0.2) is 20.5 Å². The molecule has 0 fully saturated rings. The Morgan fingerprint density at radius 2 is 2.40 bits per heavy atom. The van der Waals surface area contributed by atoms with Gasteiger partial charge in [0.1, 0.15) is 5.01 Å². The number of nitrogens with one attached hydrogen (secondary N) is 1. The fourth-order valence-corrected chi connectivity index (χ4v) is 2.83. The molecule has 0 aliphatic rings. The van der Waals surface area contributed by atoms with Gasteiger partial charge < -0.3 is 9.73 Å². The number of rotatable bonds is 4. The third kappa shape index (κ3) is 2.20. The fraction of sp³-hybridized carbons (Fsp3) is 0.308. The second kappa shape index (κ2) is 5.09. The lowest BCUT2D eigenvalue weighted by Gasteiger charge is -2.02. The highest BCUT2D eigenvalue weighted by Crippen LogP contribution is 2.18. The Bertz CT molecular complexity index is 742. The van der Waals surface area contributed by atoms with Crippen molar-refractivity contribution in [3.8, 4) is 0 Å². The maximum absolute atomic E-state index is 11.9. The summed E-state index contributed by atoms with van der Waals surface area (Å²) < 4.78 is 6.86. The predicted molar refractivity (Wildman–Crippen MR) is 74.9 cm³/mol. The molecular formula is C13H14N4O2S. The zero-order valence-corrected chi connectivity index (χ0v) is 12.0. The normalized spacial score (nSPS) is 11.1. The molecule has 0 aromatic carbocycles. The average molecular weight is 290 g/mol. The number of aryl methyl sites for hydroxylation is 2. The standard InChI is InChI=1S/C13H14N4O2S/c1-3-11-16-17-9(8(2)15-13(17)20-11)7-14-12(18)10-5-4-6-19-10/h4-6H,3,7H2,1-2H3,(H,14,18). The number of fused-ring (bicyclic) bond motifs is 1. The predicted octanol–water partition coefficient (Wildman–Crippen LogP) is 2.18. The van der Waals surface area contributed by atoms with E-state index in [1.54, 1.807) is 28.0 Å². The summed E-state index contributed by atoms with van der Waals surface area (Å²) in [7, 11) is 0. The van der Waals surface area contributed by atoms with Crippen LogP contribution in [0.5, 0.6) is 0 Å². The lowest BCUT2D eigenvalue weighted by atomic mass is 10.3. The summed E-state index contributed by atoms with van der Waals surface area (Å²) in [5, 5.41) is 8.34. The van der Waals surface area contributed by atoms with Gasteiger partial charge in [-0.05, 0) is 25.5 Å². The first-order valence-corrected chi connectivity index (χ1v) is 7.16. The van der Waals surface area contributed by atoms with Gasteiger partial charge in [0, 0.05) is 0 Å². The van der Waals surface area contributed by atoms with Crippen LogP contribution in [-0.2, 0) is 13.0 Å². The Hall–Kier alpha value is -2.15. The van der Waals surface area contributed by atoms with Gasteiger partial charge >= 0.3 is 0 Å². The highest BCUT2D eigenvalue weighted by molar-refractivity contribution is 7.16. The third-order valence-corrected chi connectivity index (χ3v) is 4.06. The van der Waals surface area contributed by atoms with Crippen molar-refractivity contribution in [2.75, 3.05) is 0 Å². The Morgan fingerprint density at radius 1 is 1.55 bits per heavy atom. The Balaban J connectivity index is 1.81. The van der Waals surface area contributed by atoms with Gasteiger partial charge in [-0.3, -0.25) is 4.79 Å². The highest BCUT2D eigenvalue weighted by Gasteiger charge is 2.15. The second-order valence-electron chi connectivity index (χ2n) is 4.35. The molecule has 3 aromatic heterocycles. The van der Waals surface area contributed by atoms with E-state index in [0.29, 0.717) is 12.3 Å². The Kier molecular flexibility index (Phi) is 3.27. The third-order valence-electron chi connectivity index (χ3n) is 3.00. The molecular weight excluding hydrogens is 276 g/mol. The van der Waals surface area contributed by atoms with Crippen molar-refractivity contribution in [3.05, 3.63) is 40.6 Å². The minimum Gasteiger partial charge on any atom is -0.459 e. The summed E-state index contributed by atoms with van der Waals surface area (Å²) in [6.07, 6.45) is 2.36. The van der Waals surface area contributed by atoms with Gasteiger partial charge in [-0.15, -0.1) is 0 Å². The van der Waals surface area contributed by atoms with Gasteiger partial charge in [-0.25, -0.2) is 9.50 Å². The quantitative estimate of drug-likeness (QED) is 0.799. The van der Waals surface area contributed by atoms with Gasteiger partial charge in [-0.1, -0.05) is 18.3 Å². The van der Waals surface area contributed by atoms with Crippen LogP contribution in [0.1, 0.15) is 33.9 Å². The topological polar surface area (TPSA) is 72.4 Å². The molecule has 0 radical (unpaired) electrons. The number of imidazole rings is 1. The molecule has 0 bridgehead atoms. The van der Waals surface area contributed by atoms with Gasteiger partial charge in [-0.2, -0.15) is 5.10 Å². The van der Waals surface area contributed by atoms with Crippen molar-refractivity contribution in [2.24, 2.45) is 0 Å². The molecule has 0 unspecified atom stereocenters. The number of aromatic nitrogens is 3. The molecule has 6 nitrogen and oxygen atoms in total. The highest BCUT2D eigenvalue weighted by atomic mass is 32.1. The second-order valence-corrected chi connectivity index (χ2v) is 5.39. The molecule has 0 spiro atoms. The summed E-state index contributed by atoms with van der Waals surface area (Å²) in [6.45, 7) is 4.35. The number of furan rings is 1. The average Bonchev–Trinajstić information content (AvgIpc) is 3.12. The maximum Gasteiger partial charge on any atom is 0.287 e. The van der Waals surface area contributed by atoms with Gasteiger partial charge in [0.2, 0.25) is 4.96 Å². The summed E-state index contributed by atoms with van der Waals surface area (Å²) in [6, 6.07) is 3.32. The molecule has 0 atom stereocenters. The first-order chi connectivity index (χ1) is 9.69. The number of carbonyl (C=O) groups excluding carboxylic acids is 1. The summed E-state index contributed by atoms with van der Waals surface area (Å²) in [4.78, 5) is 17.2. The minimum absolute atomic E-state index is 0.240. The van der Waals surface area contributed by atoms with E-state index in [4.69, 9.17) is 4.42 Å². The maximum atomic E-state index is 11.9. The molecule has 20 heavy (non-hydrogen) atoms. The molecule has 0 aliphatic carbocycles. The monoisotopic (exact) mass is 290 g/mol. The lowest BCUT2D eigenvalue weighted by Crippen LogP contribution is -2.23. The Morgan fingerprint density at radius 3 is 3.10 bits per heavy atom. The molecule has 0 saturated carbocycles. The smallest absolute Gasteiger partial charge is 0.287 e. The van der Waals surface area contributed by atoms with E-state index in [9.17, 15) is 4.79 Å². The van der Waals surface area contributed by atoms with E-state index in [1.807, 2.05) is 6.92 Å². The van der Waals surface area contributed by atoms with Crippen LogP contribution in [0.25, 0.3) is 4.96 Å². The molecule has 0 aliphatic heterocycles. The summed E-state index contributed by atoms with van der Waals surface area (Å²) in [5.41, 5.74) is 1.78. The molecule has 0 saturated heterocycles. The molecule has 3 rings (SSSR count). The van der Waals surface area contributed by atoms with E-state index in [-0.39, 0.29) is 5.91 Å². The molecule has 104 valence electrons. The zero-order chi connectivity index (χ0) is 14.1. The fourth-order valence-electron chi connectivity index (χ4n) is 1.94. The van der Waals surface area contributed by atoms with E-state index >= 15 is 0 Å². The summed E-state index contributed by atoms with van der Waals surface area (Å²) in [5.74, 6) is 0.0613. The van der Waals surface area contributed by atoms with Crippen LogP contribution in [0.4, 0.5) is 0 Å². The van der Waals surface area contributed by atoms with Gasteiger partial charge in [0.25, 0.3) is 5.91 Å². The molecule has 1 N–H and O–H groups in total. The SMILES string of the molecule is CCc1nn2c(CNC(=O)c3ccco3)c(C)nc2s1. The first kappa shape index (κ1) is 12.9. The lowest BCUT2D eigenvalue weighted by molar-refractivity contribution is 0.0922. The van der Waals surface area contributed by atoms with Crippen molar-refractivity contribution in [2.45, 2.75) is 26.8 Å². The number of carbonyl (C=O) groups is 1. The minimum atomic E-state index is -0.240.